The molecule has 0 bridgehead atoms. The van der Waals surface area contributed by atoms with Crippen molar-refractivity contribution in [1.82, 2.24) is 9.88 Å². The highest BCUT2D eigenvalue weighted by Gasteiger charge is 2.28. The van der Waals surface area contributed by atoms with Crippen molar-refractivity contribution in [3.63, 3.8) is 0 Å². The molecule has 2 amide bonds. The molecule has 1 saturated heterocycles. The summed E-state index contributed by atoms with van der Waals surface area (Å²) in [5.74, 6) is -0.421. The molecule has 0 spiro atoms. The number of rotatable bonds is 6. The van der Waals surface area contributed by atoms with Gasteiger partial charge < -0.3 is 20.3 Å². The van der Waals surface area contributed by atoms with Crippen molar-refractivity contribution in [2.24, 2.45) is 5.92 Å². The number of aromatic nitrogens is 1. The summed E-state index contributed by atoms with van der Waals surface area (Å²) in [6.07, 6.45) is 1.19. The quantitative estimate of drug-likeness (QED) is 0.539. The Hall–Kier alpha value is -3.39. The Kier molecular flexibility index (Phi) is 6.78. The van der Waals surface area contributed by atoms with Crippen LogP contribution in [0.5, 0.6) is 0 Å². The van der Waals surface area contributed by atoms with Crippen LogP contribution in [-0.2, 0) is 16.1 Å². The zero-order valence-electron chi connectivity index (χ0n) is 17.0. The fourth-order valence-electron chi connectivity index (χ4n) is 3.38. The molecule has 1 aliphatic rings. The summed E-state index contributed by atoms with van der Waals surface area (Å²) in [4.78, 5) is 31.0. The Morgan fingerprint density at radius 2 is 1.65 bits per heavy atom. The fourth-order valence-corrected chi connectivity index (χ4v) is 4.10. The first-order valence-corrected chi connectivity index (χ1v) is 11.1. The van der Waals surface area contributed by atoms with Gasteiger partial charge in [0.15, 0.2) is 5.13 Å². The molecular formula is C23H24N4O3S. The molecule has 2 aromatic carbocycles. The van der Waals surface area contributed by atoms with E-state index in [4.69, 9.17) is 4.74 Å². The van der Waals surface area contributed by atoms with Crippen molar-refractivity contribution in [2.45, 2.75) is 19.4 Å². The van der Waals surface area contributed by atoms with Crippen molar-refractivity contribution in [3.05, 3.63) is 71.7 Å². The number of nitrogens with one attached hydrogen (secondary N) is 2. The van der Waals surface area contributed by atoms with Crippen molar-refractivity contribution in [3.8, 4) is 0 Å². The summed E-state index contributed by atoms with van der Waals surface area (Å²) in [7, 11) is 0. The van der Waals surface area contributed by atoms with Crippen molar-refractivity contribution >= 4 is 39.8 Å². The first-order chi connectivity index (χ1) is 15.2. The normalized spacial score (nSPS) is 14.1. The van der Waals surface area contributed by atoms with Gasteiger partial charge in [-0.25, -0.2) is 9.78 Å². The number of ether oxygens (including phenoxy) is 1. The highest BCUT2D eigenvalue weighted by atomic mass is 32.1. The van der Waals surface area contributed by atoms with Crippen molar-refractivity contribution in [1.29, 1.82) is 0 Å². The number of likely N-dealkylation sites (tertiary alicyclic amines) is 1. The number of benzene rings is 2. The molecule has 7 nitrogen and oxygen atoms in total. The second-order valence-electron chi connectivity index (χ2n) is 7.30. The number of hydrogen-bond donors (Lipinski definition) is 2. The number of para-hydroxylation sites is 2. The molecule has 0 radical (unpaired) electrons. The molecule has 4 rings (SSSR count). The minimum atomic E-state index is -0.228. The monoisotopic (exact) mass is 436 g/mol. The lowest BCUT2D eigenvalue weighted by molar-refractivity contribution is -0.151. The first kappa shape index (κ1) is 20.9. The second-order valence-corrected chi connectivity index (χ2v) is 8.16. The van der Waals surface area contributed by atoms with Crippen LogP contribution in [0.15, 0.2) is 66.0 Å². The molecule has 0 saturated carbocycles. The molecule has 2 N–H and O–H groups in total. The Labute approximate surface area is 185 Å². The molecule has 1 aromatic heterocycles. The van der Waals surface area contributed by atoms with E-state index in [9.17, 15) is 9.59 Å². The van der Waals surface area contributed by atoms with Gasteiger partial charge in [0.05, 0.1) is 11.6 Å². The van der Waals surface area contributed by atoms with E-state index in [1.807, 2.05) is 66.0 Å². The van der Waals surface area contributed by atoms with Gasteiger partial charge in [-0.2, -0.15) is 0 Å². The SMILES string of the molecule is O=C(OCc1csc(Nc2ccccc2)n1)C1CCN(C(=O)Nc2ccccc2)CC1. The summed E-state index contributed by atoms with van der Waals surface area (Å²) in [6.45, 7) is 1.21. The highest BCUT2D eigenvalue weighted by Crippen LogP contribution is 2.23. The Bertz CT molecular complexity index is 1000. The topological polar surface area (TPSA) is 83.6 Å². The van der Waals surface area contributed by atoms with Crippen molar-refractivity contribution in [2.75, 3.05) is 23.7 Å². The molecule has 0 aliphatic carbocycles. The van der Waals surface area contributed by atoms with Crippen LogP contribution in [-0.4, -0.2) is 35.0 Å². The number of carbonyl (C=O) groups excluding carboxylic acids is 2. The molecule has 8 heteroatoms. The smallest absolute Gasteiger partial charge is 0.321 e. The van der Waals surface area contributed by atoms with Crippen LogP contribution in [0.25, 0.3) is 0 Å². The van der Waals surface area contributed by atoms with Gasteiger partial charge in [0.1, 0.15) is 6.61 Å². The number of amides is 2. The van der Waals surface area contributed by atoms with Crippen LogP contribution in [0.4, 0.5) is 21.3 Å². The van der Waals surface area contributed by atoms with Crippen LogP contribution in [0.1, 0.15) is 18.5 Å². The van der Waals surface area contributed by atoms with E-state index in [2.05, 4.69) is 15.6 Å². The average Bonchev–Trinajstić information content (AvgIpc) is 3.26. The van der Waals surface area contributed by atoms with E-state index in [-0.39, 0.29) is 24.5 Å². The molecule has 1 fully saturated rings. The van der Waals surface area contributed by atoms with E-state index in [1.54, 1.807) is 4.90 Å². The lowest BCUT2D eigenvalue weighted by Gasteiger charge is -2.30. The maximum atomic E-state index is 12.5. The maximum absolute atomic E-state index is 12.5. The van der Waals surface area contributed by atoms with Gasteiger partial charge in [0.25, 0.3) is 0 Å². The van der Waals surface area contributed by atoms with Crippen LogP contribution in [0.2, 0.25) is 0 Å². The molecule has 0 unspecified atom stereocenters. The minimum Gasteiger partial charge on any atom is -0.459 e. The lowest BCUT2D eigenvalue weighted by Crippen LogP contribution is -2.42. The summed E-state index contributed by atoms with van der Waals surface area (Å²) in [5.41, 5.74) is 2.44. The van der Waals surface area contributed by atoms with Crippen LogP contribution < -0.4 is 10.6 Å². The van der Waals surface area contributed by atoms with E-state index in [0.29, 0.717) is 25.9 Å². The van der Waals surface area contributed by atoms with E-state index >= 15 is 0 Å². The Balaban J connectivity index is 1.20. The standard InChI is InChI=1S/C23H24N4O3S/c28-21(30-15-20-16-31-22(25-20)24-18-7-3-1-4-8-18)17-11-13-27(14-12-17)23(29)26-19-9-5-2-6-10-19/h1-10,16-17H,11-15H2,(H,24,25)(H,26,29). The van der Waals surface area contributed by atoms with E-state index in [0.717, 1.165) is 22.2 Å². The fraction of sp³-hybridized carbons (Fsp3) is 0.261. The molecule has 3 aromatic rings. The average molecular weight is 437 g/mol. The number of thiazole rings is 1. The predicted octanol–water partition coefficient (Wildman–Crippen LogP) is 4.87. The van der Waals surface area contributed by atoms with Crippen LogP contribution >= 0.6 is 11.3 Å². The van der Waals surface area contributed by atoms with E-state index in [1.165, 1.54) is 11.3 Å². The summed E-state index contributed by atoms with van der Waals surface area (Å²) < 4.78 is 5.48. The number of anilines is 3. The molecule has 0 atom stereocenters. The zero-order chi connectivity index (χ0) is 21.5. The predicted molar refractivity (Wildman–Crippen MR) is 121 cm³/mol. The summed E-state index contributed by atoms with van der Waals surface area (Å²) in [5, 5.41) is 8.75. The van der Waals surface area contributed by atoms with Crippen LogP contribution in [0, 0.1) is 5.92 Å². The van der Waals surface area contributed by atoms with Gasteiger partial charge >= 0.3 is 12.0 Å². The number of esters is 1. The van der Waals surface area contributed by atoms with Gasteiger partial charge in [0, 0.05) is 29.8 Å². The summed E-state index contributed by atoms with van der Waals surface area (Å²) in [6, 6.07) is 19.0. The second kappa shape index (κ2) is 10.1. The maximum Gasteiger partial charge on any atom is 0.321 e. The third kappa shape index (κ3) is 5.82. The molecule has 2 heterocycles. The van der Waals surface area contributed by atoms with Gasteiger partial charge in [0.2, 0.25) is 0 Å². The number of nitrogens with zero attached hydrogens (tertiary/aromatic N) is 2. The lowest BCUT2D eigenvalue weighted by atomic mass is 9.97. The van der Waals surface area contributed by atoms with Gasteiger partial charge in [-0.3, -0.25) is 4.79 Å². The highest BCUT2D eigenvalue weighted by molar-refractivity contribution is 7.13. The van der Waals surface area contributed by atoms with E-state index < -0.39 is 0 Å². The third-order valence-corrected chi connectivity index (χ3v) is 5.89. The number of hydrogen-bond acceptors (Lipinski definition) is 6. The molecule has 31 heavy (non-hydrogen) atoms. The van der Waals surface area contributed by atoms with Crippen LogP contribution in [0.3, 0.4) is 0 Å². The number of piperidine rings is 1. The molecule has 1 aliphatic heterocycles. The molecule has 160 valence electrons. The van der Waals surface area contributed by atoms with Crippen molar-refractivity contribution < 1.29 is 14.3 Å². The Morgan fingerprint density at radius 3 is 2.32 bits per heavy atom. The van der Waals surface area contributed by atoms with Gasteiger partial charge in [-0.05, 0) is 37.1 Å². The molecular weight excluding hydrogens is 412 g/mol. The summed E-state index contributed by atoms with van der Waals surface area (Å²) >= 11 is 1.47. The number of carbonyl (C=O) groups is 2. The third-order valence-electron chi connectivity index (χ3n) is 5.08. The first-order valence-electron chi connectivity index (χ1n) is 10.2. The van der Waals surface area contributed by atoms with Gasteiger partial charge in [-0.15, -0.1) is 11.3 Å². The Morgan fingerprint density at radius 1 is 1.00 bits per heavy atom. The largest absolute Gasteiger partial charge is 0.459 e. The minimum absolute atomic E-state index is 0.140. The number of urea groups is 1. The zero-order valence-corrected chi connectivity index (χ0v) is 17.8. The van der Waals surface area contributed by atoms with Gasteiger partial charge in [-0.1, -0.05) is 36.4 Å².